The van der Waals surface area contributed by atoms with Gasteiger partial charge in [0.15, 0.2) is 5.13 Å². The zero-order valence-corrected chi connectivity index (χ0v) is 13.0. The molecule has 1 amide bonds. The minimum Gasteiger partial charge on any atom is -0.353 e. The number of nitrogens with one attached hydrogen (secondary N) is 2. The van der Waals surface area contributed by atoms with Crippen molar-refractivity contribution in [3.63, 3.8) is 0 Å². The highest BCUT2D eigenvalue weighted by atomic mass is 32.1. The van der Waals surface area contributed by atoms with Crippen LogP contribution in [0.1, 0.15) is 31.4 Å². The molecule has 2 N–H and O–H groups in total. The molecule has 0 unspecified atom stereocenters. The van der Waals surface area contributed by atoms with Gasteiger partial charge in [-0.05, 0) is 37.1 Å². The van der Waals surface area contributed by atoms with Gasteiger partial charge in [0.2, 0.25) is 5.91 Å². The predicted octanol–water partition coefficient (Wildman–Crippen LogP) is 3.63. The highest BCUT2D eigenvalue weighted by Gasteiger charge is 2.17. The molecule has 0 bridgehead atoms. The number of hydrogen-bond donors (Lipinski definition) is 2. The quantitative estimate of drug-likeness (QED) is 0.885. The fraction of sp³-hybridized carbons (Fsp3) is 0.375. The van der Waals surface area contributed by atoms with Crippen LogP contribution in [0.15, 0.2) is 29.6 Å². The molecule has 0 radical (unpaired) electrons. The van der Waals surface area contributed by atoms with Gasteiger partial charge in [0.1, 0.15) is 5.82 Å². The topological polar surface area (TPSA) is 54.0 Å². The number of halogens is 1. The van der Waals surface area contributed by atoms with Gasteiger partial charge in [-0.15, -0.1) is 11.3 Å². The third-order valence-corrected chi connectivity index (χ3v) is 4.52. The summed E-state index contributed by atoms with van der Waals surface area (Å²) in [5.74, 6) is -0.237. The standard InChI is InChI=1S/C16H18FN3OS/c17-11-5-7-13(8-6-11)19-16-20-14(10-22-16)9-15(21)18-12-3-1-2-4-12/h5-8,10,12H,1-4,9H2,(H,18,21)(H,19,20). The van der Waals surface area contributed by atoms with Crippen LogP contribution in [0.25, 0.3) is 0 Å². The summed E-state index contributed by atoms with van der Waals surface area (Å²) in [4.78, 5) is 16.4. The maximum Gasteiger partial charge on any atom is 0.226 e. The van der Waals surface area contributed by atoms with E-state index in [0.717, 1.165) is 24.2 Å². The third kappa shape index (κ3) is 4.04. The van der Waals surface area contributed by atoms with Gasteiger partial charge < -0.3 is 10.6 Å². The minimum atomic E-state index is -0.269. The SMILES string of the molecule is O=C(Cc1csc(Nc2ccc(F)cc2)n1)NC1CCCC1. The summed E-state index contributed by atoms with van der Waals surface area (Å²) >= 11 is 1.44. The highest BCUT2D eigenvalue weighted by Crippen LogP contribution is 2.22. The molecule has 1 aliphatic carbocycles. The van der Waals surface area contributed by atoms with E-state index < -0.39 is 0 Å². The highest BCUT2D eigenvalue weighted by molar-refractivity contribution is 7.13. The number of nitrogens with zero attached hydrogens (tertiary/aromatic N) is 1. The fourth-order valence-corrected chi connectivity index (χ4v) is 3.35. The van der Waals surface area contributed by atoms with Gasteiger partial charge in [0.25, 0.3) is 0 Å². The second-order valence-electron chi connectivity index (χ2n) is 5.50. The number of anilines is 2. The van der Waals surface area contributed by atoms with Gasteiger partial charge in [-0.3, -0.25) is 4.79 Å². The van der Waals surface area contributed by atoms with Crippen LogP contribution in [-0.4, -0.2) is 16.9 Å². The Labute approximate surface area is 132 Å². The Hall–Kier alpha value is -1.95. The molecule has 0 spiro atoms. The van der Waals surface area contributed by atoms with E-state index in [2.05, 4.69) is 15.6 Å². The largest absolute Gasteiger partial charge is 0.353 e. The molecular weight excluding hydrogens is 301 g/mol. The zero-order valence-electron chi connectivity index (χ0n) is 12.1. The van der Waals surface area contributed by atoms with Crippen molar-refractivity contribution in [3.8, 4) is 0 Å². The van der Waals surface area contributed by atoms with Crippen LogP contribution >= 0.6 is 11.3 Å². The summed E-state index contributed by atoms with van der Waals surface area (Å²) in [7, 11) is 0. The Bertz CT molecular complexity index is 635. The molecule has 22 heavy (non-hydrogen) atoms. The van der Waals surface area contributed by atoms with Gasteiger partial charge in [-0.2, -0.15) is 0 Å². The van der Waals surface area contributed by atoms with Crippen molar-refractivity contribution in [1.82, 2.24) is 10.3 Å². The lowest BCUT2D eigenvalue weighted by Crippen LogP contribution is -2.33. The maximum absolute atomic E-state index is 12.9. The first-order valence-electron chi connectivity index (χ1n) is 7.45. The van der Waals surface area contributed by atoms with Crippen molar-refractivity contribution in [3.05, 3.63) is 41.2 Å². The number of thiazole rings is 1. The van der Waals surface area contributed by atoms with E-state index in [-0.39, 0.29) is 11.7 Å². The van der Waals surface area contributed by atoms with E-state index in [1.807, 2.05) is 5.38 Å². The fourth-order valence-electron chi connectivity index (χ4n) is 2.62. The zero-order chi connectivity index (χ0) is 15.4. The molecule has 2 aromatic rings. The Kier molecular flexibility index (Phi) is 4.68. The minimum absolute atomic E-state index is 0.0329. The van der Waals surface area contributed by atoms with Crippen molar-refractivity contribution in [2.24, 2.45) is 0 Å². The number of rotatable bonds is 5. The van der Waals surface area contributed by atoms with Crippen molar-refractivity contribution in [2.75, 3.05) is 5.32 Å². The van der Waals surface area contributed by atoms with Crippen molar-refractivity contribution >= 4 is 28.1 Å². The maximum atomic E-state index is 12.9. The smallest absolute Gasteiger partial charge is 0.226 e. The van der Waals surface area contributed by atoms with Gasteiger partial charge in [-0.25, -0.2) is 9.37 Å². The third-order valence-electron chi connectivity index (χ3n) is 3.71. The average molecular weight is 319 g/mol. The summed E-state index contributed by atoms with van der Waals surface area (Å²) in [5, 5.41) is 8.74. The lowest BCUT2D eigenvalue weighted by molar-refractivity contribution is -0.121. The number of hydrogen-bond acceptors (Lipinski definition) is 4. The molecule has 1 aromatic carbocycles. The van der Waals surface area contributed by atoms with E-state index >= 15 is 0 Å². The second kappa shape index (κ2) is 6.87. The second-order valence-corrected chi connectivity index (χ2v) is 6.36. The van der Waals surface area contributed by atoms with E-state index in [1.165, 1.54) is 36.3 Å². The van der Waals surface area contributed by atoms with E-state index in [9.17, 15) is 9.18 Å². The van der Waals surface area contributed by atoms with Crippen molar-refractivity contribution in [2.45, 2.75) is 38.1 Å². The molecule has 1 saturated carbocycles. The number of aromatic nitrogens is 1. The first kappa shape index (κ1) is 15.0. The molecule has 0 saturated heterocycles. The van der Waals surface area contributed by atoms with Gasteiger partial charge >= 0.3 is 0 Å². The molecule has 3 rings (SSSR count). The predicted molar refractivity (Wildman–Crippen MR) is 85.9 cm³/mol. The Morgan fingerprint density at radius 3 is 2.73 bits per heavy atom. The molecule has 1 heterocycles. The van der Waals surface area contributed by atoms with E-state index in [4.69, 9.17) is 0 Å². The number of carbonyl (C=O) groups excluding carboxylic acids is 1. The molecule has 4 nitrogen and oxygen atoms in total. The number of benzene rings is 1. The van der Waals surface area contributed by atoms with Gasteiger partial charge in [0.05, 0.1) is 12.1 Å². The lowest BCUT2D eigenvalue weighted by Gasteiger charge is -2.10. The molecule has 6 heteroatoms. The Morgan fingerprint density at radius 2 is 2.00 bits per heavy atom. The van der Waals surface area contributed by atoms with Crippen LogP contribution in [0.5, 0.6) is 0 Å². The molecule has 0 aliphatic heterocycles. The van der Waals surface area contributed by atoms with E-state index in [0.29, 0.717) is 17.6 Å². The van der Waals surface area contributed by atoms with Crippen LogP contribution in [0.3, 0.4) is 0 Å². The van der Waals surface area contributed by atoms with Crippen LogP contribution in [-0.2, 0) is 11.2 Å². The molecule has 0 atom stereocenters. The molecular formula is C16H18FN3OS. The summed E-state index contributed by atoms with van der Waals surface area (Å²) in [6.45, 7) is 0. The lowest BCUT2D eigenvalue weighted by atomic mass is 10.2. The number of amides is 1. The van der Waals surface area contributed by atoms with Crippen LogP contribution in [0.4, 0.5) is 15.2 Å². The average Bonchev–Trinajstić information content (AvgIpc) is 3.14. The molecule has 1 aliphatic rings. The first-order valence-corrected chi connectivity index (χ1v) is 8.33. The normalized spacial score (nSPS) is 15.0. The Morgan fingerprint density at radius 1 is 1.27 bits per heavy atom. The monoisotopic (exact) mass is 319 g/mol. The van der Waals surface area contributed by atoms with Crippen molar-refractivity contribution < 1.29 is 9.18 Å². The summed E-state index contributed by atoms with van der Waals surface area (Å²) in [6, 6.07) is 6.44. The van der Waals surface area contributed by atoms with Crippen molar-refractivity contribution in [1.29, 1.82) is 0 Å². The summed E-state index contributed by atoms with van der Waals surface area (Å²) < 4.78 is 12.9. The summed E-state index contributed by atoms with van der Waals surface area (Å²) in [5.41, 5.74) is 1.53. The van der Waals surface area contributed by atoms with E-state index in [1.54, 1.807) is 12.1 Å². The van der Waals surface area contributed by atoms with Crippen LogP contribution in [0, 0.1) is 5.82 Å². The molecule has 1 aromatic heterocycles. The molecule has 1 fully saturated rings. The van der Waals surface area contributed by atoms with Crippen LogP contribution < -0.4 is 10.6 Å². The first-order chi connectivity index (χ1) is 10.7. The number of carbonyl (C=O) groups is 1. The van der Waals surface area contributed by atoms with Crippen LogP contribution in [0.2, 0.25) is 0 Å². The van der Waals surface area contributed by atoms with Gasteiger partial charge in [0, 0.05) is 17.1 Å². The van der Waals surface area contributed by atoms with Gasteiger partial charge in [-0.1, -0.05) is 12.8 Å². The molecule has 116 valence electrons. The Balaban J connectivity index is 1.54. The summed E-state index contributed by atoms with van der Waals surface area (Å²) in [6.07, 6.45) is 4.87.